The first kappa shape index (κ1) is 19.4. The number of carbonyl (C=O) groups is 1. The molecule has 2 aliphatic rings. The Balaban J connectivity index is 1.49. The number of aromatic nitrogens is 2. The van der Waals surface area contributed by atoms with Crippen LogP contribution in [0.1, 0.15) is 24.8 Å². The van der Waals surface area contributed by atoms with Gasteiger partial charge in [0.2, 0.25) is 11.9 Å². The molecule has 2 atom stereocenters. The number of carbonyl (C=O) groups excluding carboxylic acids is 1. The highest BCUT2D eigenvalue weighted by Crippen LogP contribution is 2.39. The van der Waals surface area contributed by atoms with Gasteiger partial charge in [-0.25, -0.2) is 4.98 Å². The summed E-state index contributed by atoms with van der Waals surface area (Å²) in [5.41, 5.74) is 6.44. The van der Waals surface area contributed by atoms with Gasteiger partial charge in [0.1, 0.15) is 5.82 Å². The van der Waals surface area contributed by atoms with Crippen molar-refractivity contribution in [1.29, 1.82) is 0 Å². The maximum Gasteiger partial charge on any atom is 0.246 e. The van der Waals surface area contributed by atoms with Gasteiger partial charge in [-0.05, 0) is 37.0 Å². The van der Waals surface area contributed by atoms with Gasteiger partial charge in [0, 0.05) is 43.9 Å². The number of likely N-dealkylation sites (tertiary alicyclic amines) is 1. The van der Waals surface area contributed by atoms with Crippen LogP contribution in [-0.4, -0.2) is 58.2 Å². The molecule has 152 valence electrons. The smallest absolute Gasteiger partial charge is 0.246 e. The van der Waals surface area contributed by atoms with Crippen molar-refractivity contribution in [3.63, 3.8) is 0 Å². The number of aliphatic hydroxyl groups excluding tert-OH is 1. The van der Waals surface area contributed by atoms with Gasteiger partial charge in [0.25, 0.3) is 0 Å². The largest absolute Gasteiger partial charge is 0.392 e. The van der Waals surface area contributed by atoms with Gasteiger partial charge in [0.05, 0.1) is 6.10 Å². The summed E-state index contributed by atoms with van der Waals surface area (Å²) >= 11 is 0. The van der Waals surface area contributed by atoms with Crippen molar-refractivity contribution in [2.75, 3.05) is 36.8 Å². The molecular formula is C22H27N5O2. The predicted molar refractivity (Wildman–Crippen MR) is 113 cm³/mol. The summed E-state index contributed by atoms with van der Waals surface area (Å²) in [6, 6.07) is 11.5. The van der Waals surface area contributed by atoms with Crippen molar-refractivity contribution in [2.45, 2.75) is 25.4 Å². The SMILES string of the molecule is Nc1ccnc(N2CC[C@@H](O)[C@]3(CCCN(C(=O)C=Cc4ccccc4)C3)C2)n1. The van der Waals surface area contributed by atoms with Crippen LogP contribution in [0.4, 0.5) is 11.8 Å². The average Bonchev–Trinajstić information content (AvgIpc) is 2.75. The first-order valence-corrected chi connectivity index (χ1v) is 10.1. The molecule has 1 aromatic carbocycles. The van der Waals surface area contributed by atoms with Crippen LogP contribution in [0.25, 0.3) is 6.08 Å². The molecule has 2 aromatic rings. The molecular weight excluding hydrogens is 366 g/mol. The number of piperidine rings is 2. The molecule has 1 amide bonds. The molecule has 7 nitrogen and oxygen atoms in total. The van der Waals surface area contributed by atoms with Crippen LogP contribution in [0.2, 0.25) is 0 Å². The molecule has 2 fully saturated rings. The molecule has 0 radical (unpaired) electrons. The van der Waals surface area contributed by atoms with Crippen LogP contribution < -0.4 is 10.6 Å². The molecule has 3 heterocycles. The molecule has 0 bridgehead atoms. The van der Waals surface area contributed by atoms with Crippen LogP contribution in [0.3, 0.4) is 0 Å². The molecule has 1 aromatic heterocycles. The highest BCUT2D eigenvalue weighted by atomic mass is 16.3. The van der Waals surface area contributed by atoms with E-state index in [1.807, 2.05) is 41.3 Å². The fraction of sp³-hybridized carbons (Fsp3) is 0.409. The number of benzene rings is 1. The van der Waals surface area contributed by atoms with Crippen LogP contribution in [0.15, 0.2) is 48.7 Å². The summed E-state index contributed by atoms with van der Waals surface area (Å²) in [4.78, 5) is 25.4. The van der Waals surface area contributed by atoms with Gasteiger partial charge < -0.3 is 20.6 Å². The zero-order valence-corrected chi connectivity index (χ0v) is 16.4. The fourth-order valence-electron chi connectivity index (χ4n) is 4.42. The number of anilines is 2. The van der Waals surface area contributed by atoms with Crippen molar-refractivity contribution < 1.29 is 9.90 Å². The molecule has 4 rings (SSSR count). The Morgan fingerprint density at radius 1 is 1.21 bits per heavy atom. The summed E-state index contributed by atoms with van der Waals surface area (Å²) < 4.78 is 0. The summed E-state index contributed by atoms with van der Waals surface area (Å²) in [7, 11) is 0. The highest BCUT2D eigenvalue weighted by Gasteiger charge is 2.46. The van der Waals surface area contributed by atoms with Gasteiger partial charge in [-0.2, -0.15) is 4.98 Å². The zero-order chi connectivity index (χ0) is 20.3. The van der Waals surface area contributed by atoms with E-state index in [2.05, 4.69) is 14.9 Å². The predicted octanol–water partition coefficient (Wildman–Crippen LogP) is 1.95. The zero-order valence-electron chi connectivity index (χ0n) is 16.4. The number of nitrogen functional groups attached to an aromatic ring is 1. The Labute approximate surface area is 170 Å². The second kappa shape index (κ2) is 8.21. The van der Waals surface area contributed by atoms with E-state index < -0.39 is 6.10 Å². The Kier molecular flexibility index (Phi) is 5.49. The topological polar surface area (TPSA) is 95.6 Å². The molecule has 0 aliphatic carbocycles. The minimum Gasteiger partial charge on any atom is -0.392 e. The quantitative estimate of drug-likeness (QED) is 0.774. The Morgan fingerprint density at radius 2 is 2.03 bits per heavy atom. The summed E-state index contributed by atoms with van der Waals surface area (Å²) in [5.74, 6) is 1.00. The van der Waals surface area contributed by atoms with Crippen LogP contribution in [-0.2, 0) is 4.79 Å². The molecule has 29 heavy (non-hydrogen) atoms. The van der Waals surface area contributed by atoms with Crippen molar-refractivity contribution in [3.05, 3.63) is 54.2 Å². The number of nitrogens with two attached hydrogens (primary N) is 1. The van der Waals surface area contributed by atoms with E-state index >= 15 is 0 Å². The van der Waals surface area contributed by atoms with Gasteiger partial charge in [0.15, 0.2) is 0 Å². The third kappa shape index (κ3) is 4.24. The number of rotatable bonds is 3. The van der Waals surface area contributed by atoms with Gasteiger partial charge in [-0.3, -0.25) is 4.79 Å². The minimum atomic E-state index is -0.450. The number of aliphatic hydroxyl groups is 1. The van der Waals surface area contributed by atoms with E-state index in [1.54, 1.807) is 18.3 Å². The normalized spacial score (nSPS) is 24.9. The fourth-order valence-corrected chi connectivity index (χ4v) is 4.42. The van der Waals surface area contributed by atoms with Gasteiger partial charge >= 0.3 is 0 Å². The van der Waals surface area contributed by atoms with E-state index in [0.717, 1.165) is 18.4 Å². The standard InChI is InChI=1S/C22H27N5O2/c23-19-9-12-24-21(25-19)27-14-10-18(28)22(16-27)11-4-13-26(15-22)20(29)8-7-17-5-2-1-3-6-17/h1-3,5-9,12,18,28H,4,10-11,13-16H2,(H2,23,24,25)/t18-,22+/m1/s1. The molecule has 3 N–H and O–H groups in total. The van der Waals surface area contributed by atoms with Crippen LogP contribution in [0, 0.1) is 5.41 Å². The summed E-state index contributed by atoms with van der Waals surface area (Å²) in [5, 5.41) is 10.9. The lowest BCUT2D eigenvalue weighted by molar-refractivity contribution is -0.132. The van der Waals surface area contributed by atoms with Crippen molar-refractivity contribution >= 4 is 23.7 Å². The molecule has 0 saturated carbocycles. The molecule has 7 heteroatoms. The maximum atomic E-state index is 12.8. The minimum absolute atomic E-state index is 0.0162. The second-order valence-corrected chi connectivity index (χ2v) is 7.98. The first-order chi connectivity index (χ1) is 14.1. The third-order valence-corrected chi connectivity index (χ3v) is 5.97. The van der Waals surface area contributed by atoms with Crippen LogP contribution in [0.5, 0.6) is 0 Å². The first-order valence-electron chi connectivity index (χ1n) is 10.1. The van der Waals surface area contributed by atoms with E-state index in [-0.39, 0.29) is 11.3 Å². The lowest BCUT2D eigenvalue weighted by atomic mass is 9.71. The lowest BCUT2D eigenvalue weighted by Crippen LogP contribution is -2.60. The average molecular weight is 393 g/mol. The maximum absolute atomic E-state index is 12.8. The number of hydrogen-bond donors (Lipinski definition) is 2. The van der Waals surface area contributed by atoms with Crippen molar-refractivity contribution in [2.24, 2.45) is 5.41 Å². The number of nitrogens with zero attached hydrogens (tertiary/aromatic N) is 4. The highest BCUT2D eigenvalue weighted by molar-refractivity contribution is 5.91. The Bertz CT molecular complexity index is 888. The molecule has 2 aliphatic heterocycles. The monoisotopic (exact) mass is 393 g/mol. The van der Waals surface area contributed by atoms with Gasteiger partial charge in [-0.15, -0.1) is 0 Å². The van der Waals surface area contributed by atoms with E-state index in [1.165, 1.54) is 0 Å². The van der Waals surface area contributed by atoms with Crippen molar-refractivity contribution in [3.8, 4) is 0 Å². The van der Waals surface area contributed by atoms with Crippen LogP contribution >= 0.6 is 0 Å². The molecule has 0 unspecified atom stereocenters. The third-order valence-electron chi connectivity index (χ3n) is 5.97. The summed E-state index contributed by atoms with van der Waals surface area (Å²) in [6.07, 6.45) is 7.04. The second-order valence-electron chi connectivity index (χ2n) is 7.98. The molecule has 2 saturated heterocycles. The Morgan fingerprint density at radius 3 is 2.83 bits per heavy atom. The summed E-state index contributed by atoms with van der Waals surface area (Å²) in [6.45, 7) is 2.53. The lowest BCUT2D eigenvalue weighted by Gasteiger charge is -2.50. The molecule has 1 spiro atoms. The Hall–Kier alpha value is -2.93. The van der Waals surface area contributed by atoms with Crippen molar-refractivity contribution in [1.82, 2.24) is 14.9 Å². The van der Waals surface area contributed by atoms with E-state index in [0.29, 0.717) is 44.4 Å². The number of hydrogen-bond acceptors (Lipinski definition) is 6. The number of amides is 1. The van der Waals surface area contributed by atoms with Gasteiger partial charge in [-0.1, -0.05) is 30.3 Å². The van der Waals surface area contributed by atoms with E-state index in [9.17, 15) is 9.90 Å². The van der Waals surface area contributed by atoms with E-state index in [4.69, 9.17) is 5.73 Å².